The molecule has 1 rings (SSSR count). The van der Waals surface area contributed by atoms with E-state index in [2.05, 4.69) is 17.1 Å². The Bertz CT molecular complexity index is 325. The average molecular weight is 284 g/mol. The number of likely N-dealkylation sites (N-methyl/N-ethyl adjacent to an activating group) is 1. The van der Waals surface area contributed by atoms with E-state index < -0.39 is 0 Å². The number of nitrogens with two attached hydrogens (primary N) is 1. The topological polar surface area (TPSA) is 78.7 Å². The second-order valence-electron chi connectivity index (χ2n) is 5.89. The summed E-state index contributed by atoms with van der Waals surface area (Å²) >= 11 is 0. The van der Waals surface area contributed by atoms with Gasteiger partial charge < -0.3 is 16.0 Å². The Kier molecular flexibility index (Phi) is 6.95. The maximum absolute atomic E-state index is 12.1. The van der Waals surface area contributed by atoms with E-state index in [1.54, 1.807) is 7.05 Å². The molecule has 1 aliphatic rings. The summed E-state index contributed by atoms with van der Waals surface area (Å²) in [5, 5.41) is 2.77. The minimum absolute atomic E-state index is 0.0297. The van der Waals surface area contributed by atoms with Crippen LogP contribution in [-0.2, 0) is 9.59 Å². The standard InChI is InChI=1S/C14H28N4O2/c1-4-5-16-13(19)9-17(3)14(20)10-18-7-11(2)6-12(15)8-18/h11-12H,4-10,15H2,1-3H3,(H,16,19). The normalized spacial score (nSPS) is 23.4. The number of hydrogen-bond acceptors (Lipinski definition) is 4. The van der Waals surface area contributed by atoms with Crippen LogP contribution in [0.4, 0.5) is 0 Å². The maximum Gasteiger partial charge on any atom is 0.239 e. The van der Waals surface area contributed by atoms with Gasteiger partial charge >= 0.3 is 0 Å². The Morgan fingerprint density at radius 2 is 2.10 bits per heavy atom. The van der Waals surface area contributed by atoms with E-state index in [4.69, 9.17) is 5.73 Å². The lowest BCUT2D eigenvalue weighted by atomic mass is 9.97. The van der Waals surface area contributed by atoms with Gasteiger partial charge in [0, 0.05) is 32.7 Å². The Labute approximate surface area is 121 Å². The summed E-state index contributed by atoms with van der Waals surface area (Å²) in [6.45, 7) is 6.92. The molecule has 0 aromatic carbocycles. The molecule has 20 heavy (non-hydrogen) atoms. The summed E-state index contributed by atoms with van der Waals surface area (Å²) in [6.07, 6.45) is 1.91. The van der Waals surface area contributed by atoms with Crippen LogP contribution < -0.4 is 11.1 Å². The number of nitrogens with zero attached hydrogens (tertiary/aromatic N) is 2. The molecule has 116 valence electrons. The molecule has 1 fully saturated rings. The van der Waals surface area contributed by atoms with Crippen molar-refractivity contribution in [2.24, 2.45) is 11.7 Å². The van der Waals surface area contributed by atoms with Gasteiger partial charge in [-0.3, -0.25) is 14.5 Å². The van der Waals surface area contributed by atoms with Gasteiger partial charge in [-0.15, -0.1) is 0 Å². The van der Waals surface area contributed by atoms with E-state index in [-0.39, 0.29) is 24.4 Å². The van der Waals surface area contributed by atoms with E-state index in [9.17, 15) is 9.59 Å². The molecule has 1 aliphatic heterocycles. The van der Waals surface area contributed by atoms with Crippen molar-refractivity contribution in [3.05, 3.63) is 0 Å². The van der Waals surface area contributed by atoms with Crippen LogP contribution in [0.2, 0.25) is 0 Å². The van der Waals surface area contributed by atoms with Crippen molar-refractivity contribution in [1.82, 2.24) is 15.1 Å². The number of carbonyl (C=O) groups is 2. The zero-order valence-electron chi connectivity index (χ0n) is 12.9. The van der Waals surface area contributed by atoms with Gasteiger partial charge in [0.15, 0.2) is 0 Å². The molecule has 0 spiro atoms. The second-order valence-corrected chi connectivity index (χ2v) is 5.89. The SMILES string of the molecule is CCCNC(=O)CN(C)C(=O)CN1CC(C)CC(N)C1. The van der Waals surface area contributed by atoms with Gasteiger partial charge in [-0.05, 0) is 18.8 Å². The number of rotatable bonds is 6. The first kappa shape index (κ1) is 16.9. The molecule has 6 nitrogen and oxygen atoms in total. The second kappa shape index (κ2) is 8.21. The average Bonchev–Trinajstić information content (AvgIpc) is 2.34. The minimum atomic E-state index is -0.105. The first-order valence-electron chi connectivity index (χ1n) is 7.41. The van der Waals surface area contributed by atoms with Crippen LogP contribution in [0.25, 0.3) is 0 Å². The highest BCUT2D eigenvalue weighted by Gasteiger charge is 2.24. The molecule has 0 aliphatic carbocycles. The molecule has 3 N–H and O–H groups in total. The lowest BCUT2D eigenvalue weighted by Crippen LogP contribution is -2.50. The summed E-state index contributed by atoms with van der Waals surface area (Å²) in [5.41, 5.74) is 5.97. The van der Waals surface area contributed by atoms with Crippen molar-refractivity contribution < 1.29 is 9.59 Å². The summed E-state index contributed by atoms with van der Waals surface area (Å²) in [5.74, 6) is 0.383. The molecule has 1 saturated heterocycles. The molecule has 2 atom stereocenters. The van der Waals surface area contributed by atoms with Gasteiger partial charge in [-0.25, -0.2) is 0 Å². The van der Waals surface area contributed by atoms with Crippen LogP contribution in [0.5, 0.6) is 0 Å². The summed E-state index contributed by atoms with van der Waals surface area (Å²) in [7, 11) is 1.67. The van der Waals surface area contributed by atoms with Crippen LogP contribution in [0.3, 0.4) is 0 Å². The zero-order valence-corrected chi connectivity index (χ0v) is 12.9. The number of nitrogens with one attached hydrogen (secondary N) is 1. The Hall–Kier alpha value is -1.14. The molecule has 0 saturated carbocycles. The van der Waals surface area contributed by atoms with E-state index in [0.717, 1.165) is 25.9 Å². The predicted molar refractivity (Wildman–Crippen MR) is 79.1 cm³/mol. The van der Waals surface area contributed by atoms with Crippen molar-refractivity contribution >= 4 is 11.8 Å². The highest BCUT2D eigenvalue weighted by atomic mass is 16.2. The van der Waals surface area contributed by atoms with Crippen LogP contribution in [0.1, 0.15) is 26.7 Å². The van der Waals surface area contributed by atoms with Crippen molar-refractivity contribution in [3.63, 3.8) is 0 Å². The first-order valence-corrected chi connectivity index (χ1v) is 7.41. The highest BCUT2D eigenvalue weighted by molar-refractivity contribution is 5.85. The number of piperidine rings is 1. The van der Waals surface area contributed by atoms with Crippen LogP contribution in [-0.4, -0.2) is 67.4 Å². The lowest BCUT2D eigenvalue weighted by Gasteiger charge is -2.35. The Balaban J connectivity index is 2.35. The van der Waals surface area contributed by atoms with Crippen molar-refractivity contribution in [2.45, 2.75) is 32.7 Å². The molecule has 0 aromatic heterocycles. The fourth-order valence-electron chi connectivity index (χ4n) is 2.58. The van der Waals surface area contributed by atoms with Gasteiger partial charge in [0.05, 0.1) is 13.1 Å². The van der Waals surface area contributed by atoms with Gasteiger partial charge in [0.25, 0.3) is 0 Å². The van der Waals surface area contributed by atoms with Crippen molar-refractivity contribution in [1.29, 1.82) is 0 Å². The molecule has 0 radical (unpaired) electrons. The Morgan fingerprint density at radius 3 is 2.70 bits per heavy atom. The van der Waals surface area contributed by atoms with Crippen LogP contribution in [0, 0.1) is 5.92 Å². The predicted octanol–water partition coefficient (Wildman–Crippen LogP) is -0.360. The van der Waals surface area contributed by atoms with Gasteiger partial charge in [0.2, 0.25) is 11.8 Å². The fourth-order valence-corrected chi connectivity index (χ4v) is 2.58. The molecule has 0 bridgehead atoms. The third kappa shape index (κ3) is 5.88. The number of amides is 2. The highest BCUT2D eigenvalue weighted by Crippen LogP contribution is 2.14. The molecular weight excluding hydrogens is 256 g/mol. The summed E-state index contributed by atoms with van der Waals surface area (Å²) in [4.78, 5) is 27.2. The smallest absolute Gasteiger partial charge is 0.239 e. The van der Waals surface area contributed by atoms with Gasteiger partial charge in [-0.2, -0.15) is 0 Å². The first-order chi connectivity index (χ1) is 9.42. The molecule has 2 unspecified atom stereocenters. The fraction of sp³-hybridized carbons (Fsp3) is 0.857. The van der Waals surface area contributed by atoms with Crippen molar-refractivity contribution in [3.8, 4) is 0 Å². The summed E-state index contributed by atoms with van der Waals surface area (Å²) in [6, 6.07) is 0.143. The van der Waals surface area contributed by atoms with Gasteiger partial charge in [0.1, 0.15) is 0 Å². The minimum Gasteiger partial charge on any atom is -0.355 e. The zero-order chi connectivity index (χ0) is 15.1. The molecule has 2 amide bonds. The molecule has 0 aromatic rings. The third-order valence-corrected chi connectivity index (χ3v) is 3.51. The van der Waals surface area contributed by atoms with Crippen molar-refractivity contribution in [2.75, 3.05) is 39.8 Å². The van der Waals surface area contributed by atoms with E-state index in [0.29, 0.717) is 19.0 Å². The number of hydrogen-bond donors (Lipinski definition) is 2. The Morgan fingerprint density at radius 1 is 1.40 bits per heavy atom. The van der Waals surface area contributed by atoms with Crippen LogP contribution >= 0.6 is 0 Å². The maximum atomic E-state index is 12.1. The third-order valence-electron chi connectivity index (χ3n) is 3.51. The molecular formula is C14H28N4O2. The monoisotopic (exact) mass is 284 g/mol. The largest absolute Gasteiger partial charge is 0.355 e. The molecule has 1 heterocycles. The van der Waals surface area contributed by atoms with Crippen LogP contribution in [0.15, 0.2) is 0 Å². The van der Waals surface area contributed by atoms with E-state index >= 15 is 0 Å². The number of likely N-dealkylation sites (tertiary alicyclic amines) is 1. The quantitative estimate of drug-likeness (QED) is 0.698. The van der Waals surface area contributed by atoms with E-state index in [1.165, 1.54) is 4.90 Å². The van der Waals surface area contributed by atoms with E-state index in [1.807, 2.05) is 6.92 Å². The molecule has 6 heteroatoms. The van der Waals surface area contributed by atoms with Gasteiger partial charge in [-0.1, -0.05) is 13.8 Å². The summed E-state index contributed by atoms with van der Waals surface area (Å²) < 4.78 is 0. The lowest BCUT2D eigenvalue weighted by molar-refractivity contribution is -0.136. The number of carbonyl (C=O) groups excluding carboxylic acids is 2.